The van der Waals surface area contributed by atoms with E-state index in [0.29, 0.717) is 12.5 Å². The first-order chi connectivity index (χ1) is 14.0. The third-order valence-electron chi connectivity index (χ3n) is 4.97. The highest BCUT2D eigenvalue weighted by atomic mass is 32.2. The molecule has 0 saturated carbocycles. The van der Waals surface area contributed by atoms with Crippen LogP contribution in [0.15, 0.2) is 57.0 Å². The molecular formula is C20H27FN4O3S. The van der Waals surface area contributed by atoms with Gasteiger partial charge in [-0.05, 0) is 50.2 Å². The molecule has 0 radical (unpaired) electrons. The summed E-state index contributed by atoms with van der Waals surface area (Å²) in [5.74, 6) is 0.408. The second kappa shape index (κ2) is 9.89. The monoisotopic (exact) mass is 422 g/mol. The van der Waals surface area contributed by atoms with Gasteiger partial charge in [0.1, 0.15) is 16.5 Å². The minimum Gasteiger partial charge on any atom is -0.468 e. The number of likely N-dealkylation sites (tertiary alicyclic amines) is 1. The van der Waals surface area contributed by atoms with Gasteiger partial charge in [0, 0.05) is 20.1 Å². The largest absolute Gasteiger partial charge is 0.468 e. The molecule has 1 aliphatic heterocycles. The molecule has 2 aromatic rings. The van der Waals surface area contributed by atoms with Crippen LogP contribution in [0.25, 0.3) is 0 Å². The van der Waals surface area contributed by atoms with Crippen LogP contribution in [0.3, 0.4) is 0 Å². The third kappa shape index (κ3) is 5.57. The summed E-state index contributed by atoms with van der Waals surface area (Å²) < 4.78 is 44.1. The number of guanidine groups is 1. The quantitative estimate of drug-likeness (QED) is 0.501. The van der Waals surface area contributed by atoms with Crippen LogP contribution in [-0.2, 0) is 9.84 Å². The molecule has 2 N–H and O–H groups in total. The summed E-state index contributed by atoms with van der Waals surface area (Å²) in [4.78, 5) is 6.24. The molecule has 1 saturated heterocycles. The lowest BCUT2D eigenvalue weighted by atomic mass is 10.2. The summed E-state index contributed by atoms with van der Waals surface area (Å²) in [6.07, 6.45) is 4.00. The van der Waals surface area contributed by atoms with Crippen molar-refractivity contribution in [3.8, 4) is 0 Å². The van der Waals surface area contributed by atoms with Gasteiger partial charge in [-0.15, -0.1) is 0 Å². The van der Waals surface area contributed by atoms with E-state index in [2.05, 4.69) is 20.5 Å². The van der Waals surface area contributed by atoms with E-state index in [1.807, 2.05) is 12.1 Å². The molecule has 1 aliphatic rings. The first kappa shape index (κ1) is 21.3. The normalized spacial score (nSPS) is 16.7. The van der Waals surface area contributed by atoms with Crippen LogP contribution in [0.4, 0.5) is 4.39 Å². The number of aliphatic imine (C=N–C) groups is 1. The van der Waals surface area contributed by atoms with Crippen LogP contribution in [0, 0.1) is 5.82 Å². The number of sulfone groups is 1. The van der Waals surface area contributed by atoms with Gasteiger partial charge < -0.3 is 15.1 Å². The highest BCUT2D eigenvalue weighted by Gasteiger charge is 2.25. The minimum atomic E-state index is -3.72. The molecule has 0 aliphatic carbocycles. The summed E-state index contributed by atoms with van der Waals surface area (Å²) in [7, 11) is -2.09. The number of hydrogen-bond acceptors (Lipinski definition) is 5. The predicted molar refractivity (Wildman–Crippen MR) is 110 cm³/mol. The molecule has 3 rings (SSSR count). The molecule has 1 unspecified atom stereocenters. The van der Waals surface area contributed by atoms with Crippen molar-refractivity contribution in [1.29, 1.82) is 0 Å². The second-order valence-electron chi connectivity index (χ2n) is 6.90. The Bertz CT molecular complexity index is 910. The fraction of sp³-hybridized carbons (Fsp3) is 0.450. The van der Waals surface area contributed by atoms with Crippen molar-refractivity contribution in [2.45, 2.75) is 23.8 Å². The van der Waals surface area contributed by atoms with E-state index in [-0.39, 0.29) is 23.2 Å². The van der Waals surface area contributed by atoms with E-state index in [0.717, 1.165) is 37.8 Å². The Morgan fingerprint density at radius 1 is 1.21 bits per heavy atom. The molecule has 0 amide bonds. The molecule has 158 valence electrons. The zero-order chi connectivity index (χ0) is 20.7. The number of rotatable bonds is 8. The number of benzene rings is 1. The van der Waals surface area contributed by atoms with Crippen LogP contribution < -0.4 is 10.6 Å². The van der Waals surface area contributed by atoms with Gasteiger partial charge in [-0.1, -0.05) is 12.1 Å². The lowest BCUT2D eigenvalue weighted by Gasteiger charge is -2.26. The molecule has 0 spiro atoms. The maximum absolute atomic E-state index is 13.8. The summed E-state index contributed by atoms with van der Waals surface area (Å²) in [6.45, 7) is 2.72. The lowest BCUT2D eigenvalue weighted by molar-refractivity contribution is 0.215. The first-order valence-electron chi connectivity index (χ1n) is 9.70. The first-order valence-corrected chi connectivity index (χ1v) is 11.4. The van der Waals surface area contributed by atoms with Gasteiger partial charge in [0.05, 0.1) is 18.1 Å². The zero-order valence-electron chi connectivity index (χ0n) is 16.5. The van der Waals surface area contributed by atoms with Gasteiger partial charge in [0.15, 0.2) is 15.8 Å². The molecule has 0 bridgehead atoms. The molecule has 2 heterocycles. The van der Waals surface area contributed by atoms with E-state index in [1.165, 1.54) is 18.2 Å². The maximum atomic E-state index is 13.8. The van der Waals surface area contributed by atoms with Crippen molar-refractivity contribution in [3.63, 3.8) is 0 Å². The van der Waals surface area contributed by atoms with E-state index >= 15 is 0 Å². The average Bonchev–Trinajstić information content (AvgIpc) is 3.41. The van der Waals surface area contributed by atoms with Gasteiger partial charge >= 0.3 is 0 Å². The number of hydrogen-bond donors (Lipinski definition) is 2. The Morgan fingerprint density at radius 3 is 2.62 bits per heavy atom. The number of halogens is 1. The van der Waals surface area contributed by atoms with Gasteiger partial charge in [0.2, 0.25) is 0 Å². The van der Waals surface area contributed by atoms with Crippen molar-refractivity contribution in [3.05, 3.63) is 54.2 Å². The Morgan fingerprint density at radius 2 is 1.97 bits per heavy atom. The molecule has 1 aromatic carbocycles. The van der Waals surface area contributed by atoms with Crippen molar-refractivity contribution in [1.82, 2.24) is 15.5 Å². The predicted octanol–water partition coefficient (Wildman–Crippen LogP) is 2.19. The maximum Gasteiger partial charge on any atom is 0.191 e. The van der Waals surface area contributed by atoms with Crippen LogP contribution >= 0.6 is 0 Å². The molecule has 9 heteroatoms. The lowest BCUT2D eigenvalue weighted by Crippen LogP contribution is -2.43. The van der Waals surface area contributed by atoms with Gasteiger partial charge in [-0.25, -0.2) is 12.8 Å². The Labute approximate surface area is 170 Å². The van der Waals surface area contributed by atoms with E-state index in [9.17, 15) is 12.8 Å². The molecule has 1 aromatic heterocycles. The summed E-state index contributed by atoms with van der Waals surface area (Å²) >= 11 is 0. The summed E-state index contributed by atoms with van der Waals surface area (Å²) in [5.41, 5.74) is 0. The SMILES string of the molecule is CN=C(NCCS(=O)(=O)c1ccccc1F)NCC(c1ccco1)N1CCCC1. The van der Waals surface area contributed by atoms with Crippen molar-refractivity contribution >= 4 is 15.8 Å². The van der Waals surface area contributed by atoms with Gasteiger partial charge in [0.25, 0.3) is 0 Å². The highest BCUT2D eigenvalue weighted by molar-refractivity contribution is 7.91. The molecule has 1 atom stereocenters. The third-order valence-corrected chi connectivity index (χ3v) is 6.72. The van der Waals surface area contributed by atoms with Crippen molar-refractivity contribution < 1.29 is 17.2 Å². The molecular weight excluding hydrogens is 395 g/mol. The van der Waals surface area contributed by atoms with Crippen molar-refractivity contribution in [2.24, 2.45) is 4.99 Å². The number of nitrogens with zero attached hydrogens (tertiary/aromatic N) is 2. The standard InChI is InChI=1S/C20H27FN4O3S/c1-22-20(23-10-14-29(26,27)19-9-3-2-7-16(19)21)24-15-17(18-8-6-13-28-18)25-11-4-5-12-25/h2-3,6-9,13,17H,4-5,10-12,14-15H2,1H3,(H2,22,23,24). The van der Waals surface area contributed by atoms with E-state index in [1.54, 1.807) is 13.3 Å². The van der Waals surface area contributed by atoms with Crippen LogP contribution in [0.5, 0.6) is 0 Å². The molecule has 1 fully saturated rings. The smallest absolute Gasteiger partial charge is 0.191 e. The number of furan rings is 1. The zero-order valence-corrected chi connectivity index (χ0v) is 17.3. The minimum absolute atomic E-state index is 0.0770. The van der Waals surface area contributed by atoms with Crippen molar-refractivity contribution in [2.75, 3.05) is 39.0 Å². The van der Waals surface area contributed by atoms with Gasteiger partial charge in [-0.2, -0.15) is 0 Å². The molecule has 29 heavy (non-hydrogen) atoms. The summed E-state index contributed by atoms with van der Waals surface area (Å²) in [5, 5.41) is 6.23. The molecule has 7 nitrogen and oxygen atoms in total. The van der Waals surface area contributed by atoms with Crippen LogP contribution in [-0.4, -0.2) is 58.3 Å². The Kier molecular flexibility index (Phi) is 7.27. The second-order valence-corrected chi connectivity index (χ2v) is 8.98. The highest BCUT2D eigenvalue weighted by Crippen LogP contribution is 2.24. The topological polar surface area (TPSA) is 86.9 Å². The van der Waals surface area contributed by atoms with E-state index < -0.39 is 15.7 Å². The average molecular weight is 423 g/mol. The Hall–Kier alpha value is -2.39. The van der Waals surface area contributed by atoms with Crippen LogP contribution in [0.1, 0.15) is 24.6 Å². The fourth-order valence-corrected chi connectivity index (χ4v) is 4.71. The van der Waals surface area contributed by atoms with E-state index in [4.69, 9.17) is 4.42 Å². The fourth-order valence-electron chi connectivity index (χ4n) is 3.47. The van der Waals surface area contributed by atoms with Gasteiger partial charge in [-0.3, -0.25) is 9.89 Å². The van der Waals surface area contributed by atoms with Crippen LogP contribution in [0.2, 0.25) is 0 Å². The number of nitrogens with one attached hydrogen (secondary N) is 2. The summed E-state index contributed by atoms with van der Waals surface area (Å²) in [6, 6.07) is 9.31. The Balaban J connectivity index is 1.54.